The van der Waals surface area contributed by atoms with Crippen LogP contribution in [0.3, 0.4) is 0 Å². The smallest absolute Gasteiger partial charge is 0.170 e. The molecule has 0 radical (unpaired) electrons. The Morgan fingerprint density at radius 2 is 2.32 bits per heavy atom. The molecule has 106 valence electrons. The molecule has 7 heteroatoms. The fraction of sp³-hybridized carbons (Fsp3) is 0.417. The third-order valence-electron chi connectivity index (χ3n) is 2.60. The lowest BCUT2D eigenvalue weighted by Crippen LogP contribution is -2.21. The summed E-state index contributed by atoms with van der Waals surface area (Å²) in [5.41, 5.74) is 6.96. The maximum atomic E-state index is 11.2. The van der Waals surface area contributed by atoms with Crippen LogP contribution in [0.4, 0.5) is 0 Å². The Hall–Kier alpha value is -1.11. The highest BCUT2D eigenvalue weighted by Gasteiger charge is 2.05. The summed E-state index contributed by atoms with van der Waals surface area (Å²) in [5.74, 6) is 1.34. The van der Waals surface area contributed by atoms with E-state index in [-0.39, 0.29) is 5.84 Å². The Morgan fingerprint density at radius 3 is 2.89 bits per heavy atom. The topological polar surface area (TPSA) is 87.7 Å². The fourth-order valence-corrected chi connectivity index (χ4v) is 2.37. The van der Waals surface area contributed by atoms with Gasteiger partial charge in [0.1, 0.15) is 0 Å². The highest BCUT2D eigenvalue weighted by molar-refractivity contribution is 7.84. The second-order valence-electron chi connectivity index (χ2n) is 3.90. The van der Waals surface area contributed by atoms with Crippen molar-refractivity contribution in [2.75, 3.05) is 18.1 Å². The lowest BCUT2D eigenvalue weighted by Gasteiger charge is -2.08. The van der Waals surface area contributed by atoms with Crippen molar-refractivity contribution in [3.63, 3.8) is 0 Å². The molecular weight excluding hydrogens is 286 g/mol. The van der Waals surface area contributed by atoms with Gasteiger partial charge >= 0.3 is 0 Å². The maximum absolute atomic E-state index is 11.2. The summed E-state index contributed by atoms with van der Waals surface area (Å²) in [6.07, 6.45) is 0. The number of oxime groups is 1. The molecule has 0 aliphatic carbocycles. The molecule has 0 amide bonds. The van der Waals surface area contributed by atoms with Crippen molar-refractivity contribution in [3.8, 4) is 0 Å². The average Bonchev–Trinajstić information content (AvgIpc) is 2.43. The van der Waals surface area contributed by atoms with Crippen molar-refractivity contribution in [2.45, 2.75) is 13.5 Å². The van der Waals surface area contributed by atoms with Crippen LogP contribution in [0.25, 0.3) is 0 Å². The highest BCUT2D eigenvalue weighted by Crippen LogP contribution is 2.17. The SMILES string of the molecule is CCS(=O)CCNCc1ccc(/C(N)=N/O)cc1Cl. The van der Waals surface area contributed by atoms with Crippen LogP contribution in [-0.4, -0.2) is 33.3 Å². The minimum absolute atomic E-state index is 0.0275. The Labute approximate surface area is 120 Å². The Bertz CT molecular complexity index is 480. The van der Waals surface area contributed by atoms with Crippen LogP contribution in [-0.2, 0) is 17.3 Å². The lowest BCUT2D eigenvalue weighted by atomic mass is 10.1. The molecule has 1 aromatic rings. The second-order valence-corrected chi connectivity index (χ2v) is 6.17. The summed E-state index contributed by atoms with van der Waals surface area (Å²) in [4.78, 5) is 0. The first kappa shape index (κ1) is 15.9. The Morgan fingerprint density at radius 1 is 1.58 bits per heavy atom. The molecule has 5 nitrogen and oxygen atoms in total. The molecule has 1 aromatic carbocycles. The van der Waals surface area contributed by atoms with Crippen LogP contribution >= 0.6 is 11.6 Å². The molecule has 19 heavy (non-hydrogen) atoms. The van der Waals surface area contributed by atoms with Crippen LogP contribution in [0.1, 0.15) is 18.1 Å². The first-order valence-electron chi connectivity index (χ1n) is 5.90. The van der Waals surface area contributed by atoms with Gasteiger partial charge in [0.15, 0.2) is 5.84 Å². The summed E-state index contributed by atoms with van der Waals surface area (Å²) in [6.45, 7) is 3.17. The lowest BCUT2D eigenvalue weighted by molar-refractivity contribution is 0.318. The van der Waals surface area contributed by atoms with Crippen LogP contribution in [0.15, 0.2) is 23.4 Å². The molecule has 4 N–H and O–H groups in total. The van der Waals surface area contributed by atoms with Gasteiger partial charge in [0.25, 0.3) is 0 Å². The van der Waals surface area contributed by atoms with Crippen molar-refractivity contribution >= 4 is 28.2 Å². The van der Waals surface area contributed by atoms with E-state index in [0.29, 0.717) is 35.2 Å². The summed E-state index contributed by atoms with van der Waals surface area (Å²) in [6, 6.07) is 5.21. The average molecular weight is 304 g/mol. The standard InChI is InChI=1S/C12H18ClN3O2S/c1-2-19(18)6-5-15-8-10-4-3-9(7-11(10)13)12(14)16-17/h3-4,7,15,17H,2,5-6,8H2,1H3,(H2,14,16). The van der Waals surface area contributed by atoms with E-state index in [1.807, 2.05) is 13.0 Å². The van der Waals surface area contributed by atoms with E-state index in [1.165, 1.54) is 0 Å². The molecule has 0 bridgehead atoms. The molecule has 1 unspecified atom stereocenters. The van der Waals surface area contributed by atoms with E-state index in [9.17, 15) is 4.21 Å². The number of hydrogen-bond donors (Lipinski definition) is 3. The van der Waals surface area contributed by atoms with Gasteiger partial charge in [0.05, 0.1) is 0 Å². The maximum Gasteiger partial charge on any atom is 0.170 e. The Kier molecular flexibility index (Phi) is 6.83. The quantitative estimate of drug-likeness (QED) is 0.233. The number of rotatable bonds is 7. The number of amidine groups is 1. The first-order valence-corrected chi connectivity index (χ1v) is 7.77. The van der Waals surface area contributed by atoms with E-state index >= 15 is 0 Å². The zero-order valence-corrected chi connectivity index (χ0v) is 12.3. The Balaban J connectivity index is 2.54. The molecule has 0 heterocycles. The normalized spacial score (nSPS) is 13.5. The van der Waals surface area contributed by atoms with Crippen molar-refractivity contribution < 1.29 is 9.42 Å². The number of benzene rings is 1. The van der Waals surface area contributed by atoms with Gasteiger partial charge in [-0.1, -0.05) is 35.8 Å². The molecule has 0 aliphatic rings. The van der Waals surface area contributed by atoms with Crippen LogP contribution in [0.5, 0.6) is 0 Å². The molecule has 1 atom stereocenters. The molecule has 0 aliphatic heterocycles. The number of halogens is 1. The van der Waals surface area contributed by atoms with E-state index in [4.69, 9.17) is 22.5 Å². The fourth-order valence-electron chi connectivity index (χ4n) is 1.46. The van der Waals surface area contributed by atoms with Crippen molar-refractivity contribution in [3.05, 3.63) is 34.3 Å². The minimum atomic E-state index is -0.757. The molecule has 0 fully saturated rings. The van der Waals surface area contributed by atoms with Crippen LogP contribution < -0.4 is 11.1 Å². The first-order chi connectivity index (χ1) is 9.08. The van der Waals surface area contributed by atoms with Crippen molar-refractivity contribution in [2.24, 2.45) is 10.9 Å². The zero-order chi connectivity index (χ0) is 14.3. The van der Waals surface area contributed by atoms with Crippen LogP contribution in [0, 0.1) is 0 Å². The number of nitrogens with two attached hydrogens (primary N) is 1. The van der Waals surface area contributed by atoms with Gasteiger partial charge in [-0.05, 0) is 11.6 Å². The minimum Gasteiger partial charge on any atom is -0.409 e. The second kappa shape index (κ2) is 8.14. The molecule has 0 aromatic heterocycles. The molecule has 1 rings (SSSR count). The van der Waals surface area contributed by atoms with Crippen molar-refractivity contribution in [1.29, 1.82) is 0 Å². The van der Waals surface area contributed by atoms with E-state index < -0.39 is 10.8 Å². The predicted octanol–water partition coefficient (Wildman–Crippen LogP) is 1.29. The zero-order valence-electron chi connectivity index (χ0n) is 10.7. The third-order valence-corrected chi connectivity index (χ3v) is 4.26. The summed E-state index contributed by atoms with van der Waals surface area (Å²) in [5, 5.41) is 15.2. The van der Waals surface area contributed by atoms with Crippen molar-refractivity contribution in [1.82, 2.24) is 5.32 Å². The molecular formula is C12H18ClN3O2S. The van der Waals surface area contributed by atoms with Gasteiger partial charge in [-0.2, -0.15) is 0 Å². The van der Waals surface area contributed by atoms with Gasteiger partial charge < -0.3 is 16.3 Å². The van der Waals surface area contributed by atoms with E-state index in [2.05, 4.69) is 10.5 Å². The highest BCUT2D eigenvalue weighted by atomic mass is 35.5. The van der Waals surface area contributed by atoms with Gasteiger partial charge in [-0.15, -0.1) is 0 Å². The van der Waals surface area contributed by atoms with Crippen LogP contribution in [0.2, 0.25) is 5.02 Å². The van der Waals surface area contributed by atoms with Gasteiger partial charge in [-0.25, -0.2) is 0 Å². The number of nitrogens with zero attached hydrogens (tertiary/aromatic N) is 1. The van der Waals surface area contributed by atoms with Gasteiger partial charge in [-0.3, -0.25) is 4.21 Å². The van der Waals surface area contributed by atoms with Gasteiger partial charge in [0.2, 0.25) is 0 Å². The number of hydrogen-bond acceptors (Lipinski definition) is 4. The molecule has 0 saturated heterocycles. The monoisotopic (exact) mass is 303 g/mol. The number of nitrogens with one attached hydrogen (secondary N) is 1. The summed E-state index contributed by atoms with van der Waals surface area (Å²) >= 11 is 6.11. The third kappa shape index (κ3) is 5.18. The summed E-state index contributed by atoms with van der Waals surface area (Å²) in [7, 11) is -0.757. The molecule has 0 saturated carbocycles. The van der Waals surface area contributed by atoms with E-state index in [1.54, 1.807) is 12.1 Å². The van der Waals surface area contributed by atoms with Gasteiger partial charge in [0, 0.05) is 46.0 Å². The summed E-state index contributed by atoms with van der Waals surface area (Å²) < 4.78 is 11.2. The molecule has 0 spiro atoms. The predicted molar refractivity (Wildman–Crippen MR) is 79.2 cm³/mol. The van der Waals surface area contributed by atoms with E-state index in [0.717, 1.165) is 5.56 Å². The largest absolute Gasteiger partial charge is 0.409 e.